The van der Waals surface area contributed by atoms with Crippen LogP contribution in [0.5, 0.6) is 0 Å². The summed E-state index contributed by atoms with van der Waals surface area (Å²) in [5.74, 6) is 0.312. The maximum atomic E-state index is 10.6. The minimum Gasteiger partial charge on any atom is -0.510 e. The van der Waals surface area contributed by atoms with Gasteiger partial charge >= 0.3 is 0 Å². The van der Waals surface area contributed by atoms with Crippen molar-refractivity contribution in [1.29, 1.82) is 5.26 Å². The first-order chi connectivity index (χ1) is 12.2. The zero-order valence-corrected chi connectivity index (χ0v) is 14.2. The van der Waals surface area contributed by atoms with E-state index in [0.29, 0.717) is 17.0 Å². The van der Waals surface area contributed by atoms with Crippen molar-refractivity contribution in [3.63, 3.8) is 0 Å². The van der Waals surface area contributed by atoms with Gasteiger partial charge in [0.1, 0.15) is 17.4 Å². The summed E-state index contributed by atoms with van der Waals surface area (Å²) < 4.78 is 1.78. The van der Waals surface area contributed by atoms with E-state index in [1.165, 1.54) is 11.8 Å². The Kier molecular flexibility index (Phi) is 3.89. The lowest BCUT2D eigenvalue weighted by molar-refractivity contribution is 0.401. The Morgan fingerprint density at radius 2 is 2.24 bits per heavy atom. The van der Waals surface area contributed by atoms with Crippen molar-refractivity contribution in [2.45, 2.75) is 36.2 Å². The van der Waals surface area contributed by atoms with Gasteiger partial charge in [-0.1, -0.05) is 23.9 Å². The molecule has 2 aromatic heterocycles. The highest BCUT2D eigenvalue weighted by Gasteiger charge is 2.29. The highest BCUT2D eigenvalue weighted by Crippen LogP contribution is 2.38. The molecule has 2 N–H and O–H groups in total. The summed E-state index contributed by atoms with van der Waals surface area (Å²) in [7, 11) is 0. The van der Waals surface area contributed by atoms with E-state index in [1.807, 2.05) is 31.2 Å². The van der Waals surface area contributed by atoms with Gasteiger partial charge in [0.25, 0.3) is 0 Å². The van der Waals surface area contributed by atoms with Crippen LogP contribution in [0.4, 0.5) is 0 Å². The third-order valence-electron chi connectivity index (χ3n) is 4.02. The molecule has 1 atom stereocenters. The summed E-state index contributed by atoms with van der Waals surface area (Å²) in [4.78, 5) is 7.46. The minimum atomic E-state index is -0.383. The van der Waals surface area contributed by atoms with Crippen LogP contribution in [0.2, 0.25) is 0 Å². The van der Waals surface area contributed by atoms with Gasteiger partial charge in [0.15, 0.2) is 5.82 Å². The Hall–Kier alpha value is -2.86. The average Bonchev–Trinajstić information content (AvgIpc) is 3.20. The van der Waals surface area contributed by atoms with Gasteiger partial charge in [-0.25, -0.2) is 9.67 Å². The van der Waals surface area contributed by atoms with Gasteiger partial charge in [-0.2, -0.15) is 5.26 Å². The molecule has 0 amide bonds. The number of nitrogens with one attached hydrogen (secondary N) is 1. The van der Waals surface area contributed by atoms with E-state index in [0.717, 1.165) is 23.9 Å². The van der Waals surface area contributed by atoms with Crippen LogP contribution in [0.15, 0.2) is 35.2 Å². The number of nitrogens with zero attached hydrogens (tertiary/aromatic N) is 6. The summed E-state index contributed by atoms with van der Waals surface area (Å²) >= 11 is 1.32. The molecule has 1 aliphatic carbocycles. The summed E-state index contributed by atoms with van der Waals surface area (Å²) in [5, 5.41) is 32.1. The molecule has 9 heteroatoms. The maximum Gasteiger partial charge on any atom is 0.210 e. The fraction of sp³-hybridized carbons (Fsp3) is 0.312. The average molecular weight is 353 g/mol. The minimum absolute atomic E-state index is 0.0445. The summed E-state index contributed by atoms with van der Waals surface area (Å²) in [6, 6.07) is 9.89. The first-order valence-corrected chi connectivity index (χ1v) is 8.78. The molecule has 0 spiro atoms. The Morgan fingerprint density at radius 1 is 1.44 bits per heavy atom. The summed E-state index contributed by atoms with van der Waals surface area (Å²) in [6.45, 7) is 1.81. The number of allylic oxidation sites excluding steroid dienone is 1. The second kappa shape index (κ2) is 6.22. The number of para-hydroxylation sites is 2. The van der Waals surface area contributed by atoms with Gasteiger partial charge < -0.3 is 10.1 Å². The van der Waals surface area contributed by atoms with Crippen molar-refractivity contribution in [3.05, 3.63) is 35.8 Å². The normalized spacial score (nSPS) is 16.5. The smallest absolute Gasteiger partial charge is 0.210 e. The molecule has 0 bridgehead atoms. The van der Waals surface area contributed by atoms with E-state index in [9.17, 15) is 10.4 Å². The van der Waals surface area contributed by atoms with Crippen LogP contribution in [0.1, 0.15) is 31.6 Å². The zero-order valence-electron chi connectivity index (χ0n) is 13.4. The number of thioether (sulfide) groups is 1. The molecule has 2 heterocycles. The number of imidazole rings is 1. The fourth-order valence-electron chi connectivity index (χ4n) is 2.53. The summed E-state index contributed by atoms with van der Waals surface area (Å²) in [6.07, 6.45) is 2.13. The van der Waals surface area contributed by atoms with E-state index in [1.54, 1.807) is 4.68 Å². The van der Waals surface area contributed by atoms with Gasteiger partial charge in [0.2, 0.25) is 5.16 Å². The molecule has 1 saturated carbocycles. The highest BCUT2D eigenvalue weighted by molar-refractivity contribution is 7.99. The van der Waals surface area contributed by atoms with Gasteiger partial charge in [-0.15, -0.1) is 5.10 Å². The molecule has 1 aliphatic rings. The number of benzene rings is 1. The quantitative estimate of drug-likeness (QED) is 0.411. The number of hydrogen-bond acceptors (Lipinski definition) is 7. The lowest BCUT2D eigenvalue weighted by Gasteiger charge is -2.11. The number of tetrazole rings is 1. The Labute approximate surface area is 147 Å². The van der Waals surface area contributed by atoms with Crippen LogP contribution in [-0.2, 0) is 0 Å². The van der Waals surface area contributed by atoms with Gasteiger partial charge in [-0.05, 0) is 42.3 Å². The first kappa shape index (κ1) is 15.7. The van der Waals surface area contributed by atoms with Gasteiger partial charge in [0, 0.05) is 0 Å². The second-order valence-electron chi connectivity index (χ2n) is 5.87. The van der Waals surface area contributed by atoms with Crippen LogP contribution in [0, 0.1) is 11.3 Å². The monoisotopic (exact) mass is 353 g/mol. The van der Waals surface area contributed by atoms with Crippen molar-refractivity contribution in [1.82, 2.24) is 30.2 Å². The molecule has 3 aromatic rings. The van der Waals surface area contributed by atoms with Crippen molar-refractivity contribution in [2.75, 3.05) is 0 Å². The second-order valence-corrected chi connectivity index (χ2v) is 7.18. The van der Waals surface area contributed by atoms with Gasteiger partial charge in [-0.3, -0.25) is 0 Å². The third kappa shape index (κ3) is 2.96. The number of rotatable bonds is 5. The maximum absolute atomic E-state index is 10.6. The molecule has 1 aromatic carbocycles. The number of nitriles is 1. The highest BCUT2D eigenvalue weighted by atomic mass is 32.2. The van der Waals surface area contributed by atoms with Crippen LogP contribution < -0.4 is 0 Å². The molecule has 126 valence electrons. The molecule has 1 fully saturated rings. The van der Waals surface area contributed by atoms with Crippen LogP contribution in [0.25, 0.3) is 16.6 Å². The summed E-state index contributed by atoms with van der Waals surface area (Å²) in [5.41, 5.74) is 1.69. The van der Waals surface area contributed by atoms with E-state index in [-0.39, 0.29) is 16.6 Å². The Bertz CT molecular complexity index is 962. The molecule has 0 saturated heterocycles. The third-order valence-corrected chi connectivity index (χ3v) is 5.07. The molecule has 4 rings (SSSR count). The lowest BCUT2D eigenvalue weighted by atomic mass is 10.2. The number of aliphatic hydroxyl groups excluding tert-OH is 1. The molecule has 8 nitrogen and oxygen atoms in total. The number of hydrogen-bond donors (Lipinski definition) is 2. The van der Waals surface area contributed by atoms with Crippen LogP contribution in [0.3, 0.4) is 0 Å². The number of aromatic amines is 1. The fourth-order valence-corrected chi connectivity index (χ4v) is 3.45. The van der Waals surface area contributed by atoms with E-state index >= 15 is 0 Å². The van der Waals surface area contributed by atoms with Gasteiger partial charge in [0.05, 0.1) is 22.3 Å². The van der Waals surface area contributed by atoms with Crippen molar-refractivity contribution < 1.29 is 5.11 Å². The largest absolute Gasteiger partial charge is 0.510 e. The topological polar surface area (TPSA) is 116 Å². The number of aliphatic hydroxyl groups is 1. The molecule has 25 heavy (non-hydrogen) atoms. The predicted molar refractivity (Wildman–Crippen MR) is 92.7 cm³/mol. The molecule has 0 aliphatic heterocycles. The van der Waals surface area contributed by atoms with E-state index in [2.05, 4.69) is 31.6 Å². The Balaban J connectivity index is 1.64. The Morgan fingerprint density at radius 3 is 2.96 bits per heavy atom. The number of fused-ring (bicyclic) bond motifs is 1. The first-order valence-electron chi connectivity index (χ1n) is 7.90. The van der Waals surface area contributed by atoms with E-state index < -0.39 is 0 Å². The standard InChI is InChI=1S/C16H15N7OS/c1-9(25-16-20-21-22-23(16)10-6-7-10)14(24)11(8-17)15-18-12-4-2-3-5-13(12)19-15/h2-5,9-10,24H,6-7H2,1H3,(H,18,19)/b14-11-. The molecule has 0 radical (unpaired) electrons. The van der Waals surface area contributed by atoms with E-state index in [4.69, 9.17) is 0 Å². The van der Waals surface area contributed by atoms with Crippen molar-refractivity contribution in [3.8, 4) is 6.07 Å². The molecular formula is C16H15N7OS. The zero-order chi connectivity index (χ0) is 17.4. The number of aromatic nitrogens is 6. The SMILES string of the molecule is CC(Sc1nnnn1C1CC1)/C(O)=C(\C#N)c1nc2ccccc2[nH]1. The van der Waals surface area contributed by atoms with Crippen molar-refractivity contribution >= 4 is 28.4 Å². The molecular weight excluding hydrogens is 338 g/mol. The molecule has 1 unspecified atom stereocenters. The number of H-pyrrole nitrogens is 1. The lowest BCUT2D eigenvalue weighted by Crippen LogP contribution is -2.07. The van der Waals surface area contributed by atoms with Crippen molar-refractivity contribution in [2.24, 2.45) is 0 Å². The van der Waals surface area contributed by atoms with Crippen LogP contribution >= 0.6 is 11.8 Å². The predicted octanol–water partition coefficient (Wildman–Crippen LogP) is 2.86. The van der Waals surface area contributed by atoms with Crippen LogP contribution in [-0.4, -0.2) is 40.5 Å².